The zero-order valence-electron chi connectivity index (χ0n) is 7.11. The summed E-state index contributed by atoms with van der Waals surface area (Å²) in [5.74, 6) is -1.51. The summed E-state index contributed by atoms with van der Waals surface area (Å²) in [6.45, 7) is 0. The molecule has 1 amide bonds. The van der Waals surface area contributed by atoms with Gasteiger partial charge in [-0.1, -0.05) is 0 Å². The van der Waals surface area contributed by atoms with Gasteiger partial charge in [0.1, 0.15) is 0 Å². The van der Waals surface area contributed by atoms with Crippen molar-refractivity contribution in [1.29, 1.82) is 0 Å². The molecule has 0 aliphatic carbocycles. The molecule has 0 saturated heterocycles. The third-order valence-electron chi connectivity index (χ3n) is 1.39. The van der Waals surface area contributed by atoms with Gasteiger partial charge in [0.2, 0.25) is 0 Å². The highest BCUT2D eigenvalue weighted by molar-refractivity contribution is 8.13. The molecule has 0 saturated carbocycles. The molecule has 8 heteroatoms. The number of hydrogen-bond donors (Lipinski definition) is 1. The van der Waals surface area contributed by atoms with Crippen molar-refractivity contribution in [1.82, 2.24) is 0 Å². The van der Waals surface area contributed by atoms with Crippen LogP contribution >= 0.6 is 10.7 Å². The van der Waals surface area contributed by atoms with Gasteiger partial charge in [0, 0.05) is 16.7 Å². The predicted octanol–water partition coefficient (Wildman–Crippen LogP) is 1.21. The van der Waals surface area contributed by atoms with Crippen molar-refractivity contribution in [3.8, 4) is 5.75 Å². The molecule has 2 N–H and O–H groups in total. The van der Waals surface area contributed by atoms with Crippen LogP contribution in [0.3, 0.4) is 0 Å². The molecular formula is C7H5ClFNO4S. The molecule has 0 aliphatic heterocycles. The average molecular weight is 254 g/mol. The Bertz CT molecular complexity index is 502. The number of carbonyl (C=O) groups excluding carboxylic acids is 1. The first kappa shape index (κ1) is 11.7. The van der Waals surface area contributed by atoms with Crippen molar-refractivity contribution in [2.24, 2.45) is 5.73 Å². The van der Waals surface area contributed by atoms with E-state index in [1.54, 1.807) is 0 Å². The maximum absolute atomic E-state index is 12.9. The number of benzene rings is 1. The Morgan fingerprint density at radius 1 is 1.47 bits per heavy atom. The van der Waals surface area contributed by atoms with Crippen LogP contribution in [-0.4, -0.2) is 14.5 Å². The van der Waals surface area contributed by atoms with Crippen LogP contribution in [0.15, 0.2) is 23.1 Å². The van der Waals surface area contributed by atoms with E-state index >= 15 is 0 Å². The Labute approximate surface area is 89.0 Å². The van der Waals surface area contributed by atoms with Gasteiger partial charge in [0.05, 0.1) is 4.90 Å². The van der Waals surface area contributed by atoms with Gasteiger partial charge in [-0.25, -0.2) is 17.6 Å². The molecule has 0 atom stereocenters. The second kappa shape index (κ2) is 4.03. The summed E-state index contributed by atoms with van der Waals surface area (Å²) in [7, 11) is 0.993. The van der Waals surface area contributed by atoms with Gasteiger partial charge in [0.25, 0.3) is 9.05 Å². The Morgan fingerprint density at radius 2 is 2.07 bits per heavy atom. The van der Waals surface area contributed by atoms with Crippen LogP contribution < -0.4 is 10.5 Å². The molecule has 0 radical (unpaired) electrons. The summed E-state index contributed by atoms with van der Waals surface area (Å²) in [6, 6.07) is 2.50. The van der Waals surface area contributed by atoms with Crippen LogP contribution in [0.4, 0.5) is 9.18 Å². The molecule has 0 heterocycles. The van der Waals surface area contributed by atoms with Crippen molar-refractivity contribution < 1.29 is 22.3 Å². The van der Waals surface area contributed by atoms with Crippen LogP contribution in [0.5, 0.6) is 5.75 Å². The van der Waals surface area contributed by atoms with Crippen LogP contribution in [0, 0.1) is 5.82 Å². The molecule has 5 nitrogen and oxygen atoms in total. The normalized spacial score (nSPS) is 11.1. The zero-order valence-corrected chi connectivity index (χ0v) is 8.68. The summed E-state index contributed by atoms with van der Waals surface area (Å²) in [6.07, 6.45) is -1.25. The minimum atomic E-state index is -4.00. The average Bonchev–Trinajstić information content (AvgIpc) is 2.06. The number of nitrogens with two attached hydrogens (primary N) is 1. The monoisotopic (exact) mass is 253 g/mol. The van der Waals surface area contributed by atoms with Gasteiger partial charge in [-0.05, 0) is 12.1 Å². The molecule has 15 heavy (non-hydrogen) atoms. The van der Waals surface area contributed by atoms with Gasteiger partial charge in [0.15, 0.2) is 11.6 Å². The van der Waals surface area contributed by atoms with E-state index in [9.17, 15) is 17.6 Å². The highest BCUT2D eigenvalue weighted by Crippen LogP contribution is 2.23. The molecule has 82 valence electrons. The van der Waals surface area contributed by atoms with E-state index in [2.05, 4.69) is 10.5 Å². The van der Waals surface area contributed by atoms with E-state index in [1.165, 1.54) is 0 Å². The lowest BCUT2D eigenvalue weighted by molar-refractivity contribution is 0.208. The lowest BCUT2D eigenvalue weighted by Crippen LogP contribution is -2.17. The molecule has 1 aromatic rings. The molecule has 1 aromatic carbocycles. The third kappa shape index (κ3) is 3.07. The first-order chi connectivity index (χ1) is 6.80. The maximum Gasteiger partial charge on any atom is 0.410 e. The van der Waals surface area contributed by atoms with Gasteiger partial charge < -0.3 is 10.5 Å². The summed E-state index contributed by atoms with van der Waals surface area (Å²) in [4.78, 5) is 9.95. The van der Waals surface area contributed by atoms with Crippen molar-refractivity contribution in [2.45, 2.75) is 4.90 Å². The second-order valence-corrected chi connectivity index (χ2v) is 5.02. The van der Waals surface area contributed by atoms with Crippen LogP contribution in [0.25, 0.3) is 0 Å². The van der Waals surface area contributed by atoms with Gasteiger partial charge in [-0.2, -0.15) is 0 Å². The quantitative estimate of drug-likeness (QED) is 0.803. The maximum atomic E-state index is 12.9. The van der Waals surface area contributed by atoms with Gasteiger partial charge in [-0.3, -0.25) is 0 Å². The van der Waals surface area contributed by atoms with E-state index in [0.29, 0.717) is 0 Å². The van der Waals surface area contributed by atoms with Crippen LogP contribution in [0.1, 0.15) is 0 Å². The van der Waals surface area contributed by atoms with Crippen LogP contribution in [-0.2, 0) is 9.05 Å². The Morgan fingerprint density at radius 3 is 2.53 bits per heavy atom. The fourth-order valence-electron chi connectivity index (χ4n) is 0.822. The van der Waals surface area contributed by atoms with E-state index in [1.807, 2.05) is 0 Å². The lowest BCUT2D eigenvalue weighted by atomic mass is 10.3. The number of primary amides is 1. The lowest BCUT2D eigenvalue weighted by Gasteiger charge is -2.03. The first-order valence-electron chi connectivity index (χ1n) is 3.52. The molecule has 0 aliphatic rings. The SMILES string of the molecule is NC(=O)Oc1cc(S(=O)(=O)Cl)ccc1F. The summed E-state index contributed by atoms with van der Waals surface area (Å²) in [5, 5.41) is 0. The molecule has 1 rings (SSSR count). The number of carbonyl (C=O) groups is 1. The molecular weight excluding hydrogens is 249 g/mol. The van der Waals surface area contributed by atoms with Crippen molar-refractivity contribution in [2.75, 3.05) is 0 Å². The van der Waals surface area contributed by atoms with Crippen molar-refractivity contribution in [3.63, 3.8) is 0 Å². The van der Waals surface area contributed by atoms with Crippen molar-refractivity contribution >= 4 is 25.8 Å². The Hall–Kier alpha value is -1.34. The van der Waals surface area contributed by atoms with Gasteiger partial charge >= 0.3 is 6.09 Å². The third-order valence-corrected chi connectivity index (χ3v) is 2.75. The number of rotatable bonds is 2. The zero-order chi connectivity index (χ0) is 11.6. The number of ether oxygens (including phenoxy) is 1. The summed E-state index contributed by atoms with van der Waals surface area (Å²) >= 11 is 0. The second-order valence-electron chi connectivity index (χ2n) is 2.45. The minimum absolute atomic E-state index is 0.387. The fraction of sp³-hybridized carbons (Fsp3) is 0. The molecule has 0 unspecified atom stereocenters. The van der Waals surface area contributed by atoms with E-state index in [0.717, 1.165) is 18.2 Å². The van der Waals surface area contributed by atoms with Crippen molar-refractivity contribution in [3.05, 3.63) is 24.0 Å². The Balaban J connectivity index is 3.23. The predicted molar refractivity (Wildman–Crippen MR) is 49.7 cm³/mol. The van der Waals surface area contributed by atoms with Gasteiger partial charge in [-0.15, -0.1) is 0 Å². The largest absolute Gasteiger partial charge is 0.410 e. The van der Waals surface area contributed by atoms with E-state index in [4.69, 9.17) is 10.7 Å². The molecule has 0 fully saturated rings. The topological polar surface area (TPSA) is 86.5 Å². The summed E-state index contributed by atoms with van der Waals surface area (Å²) in [5.41, 5.74) is 4.64. The molecule has 0 bridgehead atoms. The van der Waals surface area contributed by atoms with E-state index < -0.39 is 26.7 Å². The highest BCUT2D eigenvalue weighted by Gasteiger charge is 2.15. The Kier molecular flexibility index (Phi) is 3.15. The van der Waals surface area contributed by atoms with Crippen LogP contribution in [0.2, 0.25) is 0 Å². The fourth-order valence-corrected chi connectivity index (χ4v) is 1.59. The summed E-state index contributed by atoms with van der Waals surface area (Å²) < 4.78 is 38.9. The number of amides is 1. The minimum Gasteiger partial charge on any atom is -0.407 e. The number of hydrogen-bond acceptors (Lipinski definition) is 4. The highest BCUT2D eigenvalue weighted by atomic mass is 35.7. The number of halogens is 2. The smallest absolute Gasteiger partial charge is 0.407 e. The standard InChI is InChI=1S/C7H5ClFNO4S/c8-15(12,13)4-1-2-5(9)6(3-4)14-7(10)11/h1-3H,(H2,10,11). The molecule has 0 aromatic heterocycles. The molecule has 0 spiro atoms. The first-order valence-corrected chi connectivity index (χ1v) is 5.83. The van der Waals surface area contributed by atoms with E-state index in [-0.39, 0.29) is 4.90 Å².